The fourth-order valence-corrected chi connectivity index (χ4v) is 1.82. The van der Waals surface area contributed by atoms with Crippen LogP contribution in [0.2, 0.25) is 0 Å². The molecule has 0 spiro atoms. The number of aliphatic hydroxyl groups is 1. The maximum atomic E-state index is 9.52. The molecule has 1 heterocycles. The van der Waals surface area contributed by atoms with Gasteiger partial charge in [-0.05, 0) is 24.5 Å². The summed E-state index contributed by atoms with van der Waals surface area (Å²) in [6, 6.07) is 1.94. The number of aliphatic hydroxyl groups excluding tert-OH is 1. The lowest BCUT2D eigenvalue weighted by atomic mass is 9.99. The summed E-state index contributed by atoms with van der Waals surface area (Å²) in [6.07, 6.45) is 6.43. The third kappa shape index (κ3) is 1.18. The summed E-state index contributed by atoms with van der Waals surface area (Å²) >= 11 is 0. The summed E-state index contributed by atoms with van der Waals surface area (Å²) in [4.78, 5) is 0. The number of hydrogen-bond donors (Lipinski definition) is 1. The summed E-state index contributed by atoms with van der Waals surface area (Å²) in [7, 11) is 0. The van der Waals surface area contributed by atoms with Gasteiger partial charge in [-0.1, -0.05) is 6.42 Å². The summed E-state index contributed by atoms with van der Waals surface area (Å²) in [5.41, 5.74) is 1.15. The maximum absolute atomic E-state index is 9.52. The van der Waals surface area contributed by atoms with Crippen LogP contribution in [0.15, 0.2) is 23.0 Å². The van der Waals surface area contributed by atoms with Gasteiger partial charge in [-0.3, -0.25) is 0 Å². The van der Waals surface area contributed by atoms with Gasteiger partial charge >= 0.3 is 0 Å². The van der Waals surface area contributed by atoms with E-state index in [4.69, 9.17) is 4.42 Å². The molecule has 1 N–H and O–H groups in total. The minimum absolute atomic E-state index is 0.146. The van der Waals surface area contributed by atoms with E-state index in [1.807, 2.05) is 6.07 Å². The van der Waals surface area contributed by atoms with Gasteiger partial charge in [0.05, 0.1) is 18.6 Å². The molecule has 1 aromatic rings. The summed E-state index contributed by atoms with van der Waals surface area (Å²) < 4.78 is 4.96. The van der Waals surface area contributed by atoms with Crippen LogP contribution in [0.5, 0.6) is 0 Å². The van der Waals surface area contributed by atoms with Crippen molar-refractivity contribution in [1.82, 2.24) is 0 Å². The predicted molar refractivity (Wildman–Crippen MR) is 41.3 cm³/mol. The summed E-state index contributed by atoms with van der Waals surface area (Å²) in [6.45, 7) is 0. The minimum atomic E-state index is -0.146. The van der Waals surface area contributed by atoms with Gasteiger partial charge in [0.15, 0.2) is 0 Å². The van der Waals surface area contributed by atoms with Gasteiger partial charge in [-0.15, -0.1) is 0 Å². The van der Waals surface area contributed by atoms with Crippen LogP contribution in [-0.2, 0) is 0 Å². The molecule has 2 nitrogen and oxygen atoms in total. The zero-order chi connectivity index (χ0) is 7.68. The fraction of sp³-hybridized carbons (Fsp3) is 0.556. The normalized spacial score (nSPS) is 31.0. The summed E-state index contributed by atoms with van der Waals surface area (Å²) in [5.74, 6) is 0.328. The second-order valence-electron chi connectivity index (χ2n) is 3.16. The van der Waals surface area contributed by atoms with E-state index < -0.39 is 0 Å². The van der Waals surface area contributed by atoms with E-state index in [1.54, 1.807) is 12.5 Å². The largest absolute Gasteiger partial charge is 0.472 e. The Morgan fingerprint density at radius 3 is 2.91 bits per heavy atom. The van der Waals surface area contributed by atoms with Gasteiger partial charge in [0, 0.05) is 5.92 Å². The van der Waals surface area contributed by atoms with Crippen LogP contribution in [-0.4, -0.2) is 11.2 Å². The maximum Gasteiger partial charge on any atom is 0.0938 e. The Bertz CT molecular complexity index is 215. The molecule has 2 unspecified atom stereocenters. The highest BCUT2D eigenvalue weighted by Gasteiger charge is 2.26. The van der Waals surface area contributed by atoms with Crippen molar-refractivity contribution in [2.24, 2.45) is 0 Å². The molecule has 1 aromatic heterocycles. The van der Waals surface area contributed by atoms with E-state index in [1.165, 1.54) is 0 Å². The van der Waals surface area contributed by atoms with Gasteiger partial charge in [0.25, 0.3) is 0 Å². The number of rotatable bonds is 1. The molecular weight excluding hydrogens is 140 g/mol. The molecule has 0 bridgehead atoms. The Hall–Kier alpha value is -0.760. The summed E-state index contributed by atoms with van der Waals surface area (Å²) in [5, 5.41) is 9.52. The molecule has 0 radical (unpaired) electrons. The molecule has 0 aliphatic heterocycles. The van der Waals surface area contributed by atoms with Crippen molar-refractivity contribution in [2.45, 2.75) is 31.3 Å². The molecular formula is C9H12O2. The molecule has 0 amide bonds. The SMILES string of the molecule is OC1CCCC1c1ccoc1. The van der Waals surface area contributed by atoms with E-state index in [2.05, 4.69) is 0 Å². The topological polar surface area (TPSA) is 33.4 Å². The Morgan fingerprint density at radius 2 is 2.36 bits per heavy atom. The van der Waals surface area contributed by atoms with E-state index in [9.17, 15) is 5.11 Å². The van der Waals surface area contributed by atoms with E-state index in [-0.39, 0.29) is 6.10 Å². The van der Waals surface area contributed by atoms with Crippen molar-refractivity contribution >= 4 is 0 Å². The van der Waals surface area contributed by atoms with Gasteiger partial charge < -0.3 is 9.52 Å². The van der Waals surface area contributed by atoms with Gasteiger partial charge in [-0.2, -0.15) is 0 Å². The zero-order valence-corrected chi connectivity index (χ0v) is 6.36. The molecule has 0 aromatic carbocycles. The third-order valence-corrected chi connectivity index (χ3v) is 2.45. The molecule has 2 atom stereocenters. The van der Waals surface area contributed by atoms with Crippen molar-refractivity contribution in [2.75, 3.05) is 0 Å². The number of hydrogen-bond acceptors (Lipinski definition) is 2. The third-order valence-electron chi connectivity index (χ3n) is 2.45. The zero-order valence-electron chi connectivity index (χ0n) is 6.36. The average molecular weight is 152 g/mol. The first-order valence-corrected chi connectivity index (χ1v) is 4.08. The highest BCUT2D eigenvalue weighted by atomic mass is 16.3. The smallest absolute Gasteiger partial charge is 0.0938 e. The lowest BCUT2D eigenvalue weighted by molar-refractivity contribution is 0.163. The second kappa shape index (κ2) is 2.70. The molecule has 0 saturated heterocycles. The second-order valence-corrected chi connectivity index (χ2v) is 3.16. The Labute approximate surface area is 65.8 Å². The van der Waals surface area contributed by atoms with Crippen molar-refractivity contribution in [3.63, 3.8) is 0 Å². The predicted octanol–water partition coefficient (Wildman–Crippen LogP) is 1.91. The minimum Gasteiger partial charge on any atom is -0.472 e. The molecule has 1 fully saturated rings. The van der Waals surface area contributed by atoms with Crippen LogP contribution in [0.3, 0.4) is 0 Å². The van der Waals surface area contributed by atoms with Gasteiger partial charge in [0.1, 0.15) is 0 Å². The van der Waals surface area contributed by atoms with Crippen LogP contribution >= 0.6 is 0 Å². The van der Waals surface area contributed by atoms with Crippen molar-refractivity contribution in [3.05, 3.63) is 24.2 Å². The van der Waals surface area contributed by atoms with Gasteiger partial charge in [-0.25, -0.2) is 0 Å². The first-order chi connectivity index (χ1) is 5.38. The van der Waals surface area contributed by atoms with E-state index >= 15 is 0 Å². The van der Waals surface area contributed by atoms with Gasteiger partial charge in [0.2, 0.25) is 0 Å². The quantitative estimate of drug-likeness (QED) is 0.666. The Kier molecular flexibility index (Phi) is 1.70. The van der Waals surface area contributed by atoms with E-state index in [0.717, 1.165) is 24.8 Å². The van der Waals surface area contributed by atoms with E-state index in [0.29, 0.717) is 5.92 Å². The van der Waals surface area contributed by atoms with Crippen LogP contribution < -0.4 is 0 Å². The molecule has 1 saturated carbocycles. The lowest BCUT2D eigenvalue weighted by Crippen LogP contribution is -2.09. The monoisotopic (exact) mass is 152 g/mol. The average Bonchev–Trinajstić information content (AvgIpc) is 2.55. The molecule has 2 rings (SSSR count). The van der Waals surface area contributed by atoms with Crippen LogP contribution in [0.25, 0.3) is 0 Å². The molecule has 11 heavy (non-hydrogen) atoms. The molecule has 1 aliphatic carbocycles. The Morgan fingerprint density at radius 1 is 1.45 bits per heavy atom. The van der Waals surface area contributed by atoms with Crippen molar-refractivity contribution in [3.8, 4) is 0 Å². The first kappa shape index (κ1) is 6.92. The van der Waals surface area contributed by atoms with Crippen LogP contribution in [0.1, 0.15) is 30.7 Å². The standard InChI is InChI=1S/C9H12O2/c10-9-3-1-2-8(9)7-4-5-11-6-7/h4-6,8-10H,1-3H2. The van der Waals surface area contributed by atoms with Crippen molar-refractivity contribution < 1.29 is 9.52 Å². The number of furan rings is 1. The van der Waals surface area contributed by atoms with Crippen LogP contribution in [0.4, 0.5) is 0 Å². The molecule has 60 valence electrons. The van der Waals surface area contributed by atoms with Crippen molar-refractivity contribution in [1.29, 1.82) is 0 Å². The Balaban J connectivity index is 2.16. The molecule has 2 heteroatoms. The first-order valence-electron chi connectivity index (χ1n) is 4.08. The highest BCUT2D eigenvalue weighted by Crippen LogP contribution is 2.34. The highest BCUT2D eigenvalue weighted by molar-refractivity contribution is 5.15. The molecule has 1 aliphatic rings. The van der Waals surface area contributed by atoms with Crippen LogP contribution in [0, 0.1) is 0 Å². The lowest BCUT2D eigenvalue weighted by Gasteiger charge is -2.10. The fourth-order valence-electron chi connectivity index (χ4n) is 1.82.